The highest BCUT2D eigenvalue weighted by molar-refractivity contribution is 5.28. The normalized spacial score (nSPS) is 18.9. The molecule has 1 aromatic carbocycles. The molecule has 0 saturated carbocycles. The van der Waals surface area contributed by atoms with E-state index in [0.29, 0.717) is 19.7 Å². The summed E-state index contributed by atoms with van der Waals surface area (Å²) >= 11 is 0. The summed E-state index contributed by atoms with van der Waals surface area (Å²) in [7, 11) is 2.13. The fourth-order valence-corrected chi connectivity index (χ4v) is 2.34. The van der Waals surface area contributed by atoms with Gasteiger partial charge in [-0.25, -0.2) is 0 Å². The molecule has 1 aliphatic rings. The zero-order valence-electron chi connectivity index (χ0n) is 12.2. The molecule has 1 aromatic rings. The van der Waals surface area contributed by atoms with Crippen LogP contribution in [0.1, 0.15) is 5.56 Å². The maximum atomic E-state index is 10.1. The van der Waals surface area contributed by atoms with E-state index in [4.69, 9.17) is 10.5 Å². The van der Waals surface area contributed by atoms with Gasteiger partial charge in [-0.3, -0.25) is 4.90 Å². The highest BCUT2D eigenvalue weighted by Crippen LogP contribution is 2.13. The summed E-state index contributed by atoms with van der Waals surface area (Å²) in [6, 6.07) is 7.70. The summed E-state index contributed by atoms with van der Waals surface area (Å²) < 4.78 is 5.63. The first-order valence-electron chi connectivity index (χ1n) is 7.18. The Kier molecular flexibility index (Phi) is 5.79. The van der Waals surface area contributed by atoms with Gasteiger partial charge in [0, 0.05) is 39.3 Å². The lowest BCUT2D eigenvalue weighted by atomic mass is 10.2. The molecular weight excluding hydrogens is 254 g/mol. The van der Waals surface area contributed by atoms with E-state index in [1.54, 1.807) is 0 Å². The van der Waals surface area contributed by atoms with Gasteiger partial charge in [0.25, 0.3) is 0 Å². The summed E-state index contributed by atoms with van der Waals surface area (Å²) in [4.78, 5) is 4.59. The number of benzene rings is 1. The first kappa shape index (κ1) is 15.3. The zero-order valence-corrected chi connectivity index (χ0v) is 12.2. The van der Waals surface area contributed by atoms with E-state index in [-0.39, 0.29) is 0 Å². The number of hydrogen-bond acceptors (Lipinski definition) is 5. The quantitative estimate of drug-likeness (QED) is 0.775. The smallest absolute Gasteiger partial charge is 0.119 e. The number of nitrogens with two attached hydrogens (primary N) is 1. The molecule has 5 nitrogen and oxygen atoms in total. The highest BCUT2D eigenvalue weighted by atomic mass is 16.5. The number of piperazine rings is 1. The SMILES string of the molecule is CN1CCN(CC(O)COc2cccc(CN)c2)CC1. The molecule has 0 aromatic heterocycles. The van der Waals surface area contributed by atoms with Crippen molar-refractivity contribution in [3.63, 3.8) is 0 Å². The number of aliphatic hydroxyl groups excluding tert-OH is 1. The van der Waals surface area contributed by atoms with Crippen molar-refractivity contribution in [3.8, 4) is 5.75 Å². The first-order chi connectivity index (χ1) is 9.67. The number of aliphatic hydroxyl groups is 1. The van der Waals surface area contributed by atoms with E-state index in [2.05, 4.69) is 16.8 Å². The van der Waals surface area contributed by atoms with Crippen molar-refractivity contribution >= 4 is 0 Å². The molecule has 1 aliphatic heterocycles. The van der Waals surface area contributed by atoms with Crippen LogP contribution in [0.15, 0.2) is 24.3 Å². The van der Waals surface area contributed by atoms with Crippen molar-refractivity contribution in [2.45, 2.75) is 12.6 Å². The predicted octanol–water partition coefficient (Wildman–Crippen LogP) is 0.132. The van der Waals surface area contributed by atoms with E-state index >= 15 is 0 Å². The third kappa shape index (κ3) is 4.76. The second-order valence-corrected chi connectivity index (χ2v) is 5.42. The molecule has 0 amide bonds. The van der Waals surface area contributed by atoms with Crippen LogP contribution in [0.4, 0.5) is 0 Å². The Balaban J connectivity index is 1.73. The van der Waals surface area contributed by atoms with Gasteiger partial charge in [-0.15, -0.1) is 0 Å². The molecule has 3 N–H and O–H groups in total. The average Bonchev–Trinajstić information content (AvgIpc) is 2.48. The molecule has 0 bridgehead atoms. The summed E-state index contributed by atoms with van der Waals surface area (Å²) in [5.41, 5.74) is 6.63. The van der Waals surface area contributed by atoms with Crippen LogP contribution in [0, 0.1) is 0 Å². The van der Waals surface area contributed by atoms with Crippen molar-refractivity contribution in [3.05, 3.63) is 29.8 Å². The molecule has 1 heterocycles. The lowest BCUT2D eigenvalue weighted by Gasteiger charge is -2.33. The van der Waals surface area contributed by atoms with E-state index in [0.717, 1.165) is 37.5 Å². The van der Waals surface area contributed by atoms with Crippen molar-refractivity contribution < 1.29 is 9.84 Å². The van der Waals surface area contributed by atoms with Gasteiger partial charge in [-0.2, -0.15) is 0 Å². The minimum Gasteiger partial charge on any atom is -0.491 e. The molecular formula is C15H25N3O2. The zero-order chi connectivity index (χ0) is 14.4. The third-order valence-corrected chi connectivity index (χ3v) is 3.64. The largest absolute Gasteiger partial charge is 0.491 e. The highest BCUT2D eigenvalue weighted by Gasteiger charge is 2.17. The van der Waals surface area contributed by atoms with Gasteiger partial charge in [-0.05, 0) is 24.7 Å². The van der Waals surface area contributed by atoms with E-state index in [1.165, 1.54) is 0 Å². The number of nitrogens with zero attached hydrogens (tertiary/aromatic N) is 2. The molecule has 0 spiro atoms. The standard InChI is InChI=1S/C15H25N3O2/c1-17-5-7-18(8-6-17)11-14(19)12-20-15-4-2-3-13(9-15)10-16/h2-4,9,14,19H,5-8,10-12,16H2,1H3. The number of ether oxygens (including phenoxy) is 1. The molecule has 1 atom stereocenters. The van der Waals surface area contributed by atoms with Crippen LogP contribution in [-0.4, -0.2) is 67.4 Å². The van der Waals surface area contributed by atoms with Gasteiger partial charge in [-0.1, -0.05) is 12.1 Å². The molecule has 0 radical (unpaired) electrons. The van der Waals surface area contributed by atoms with Crippen molar-refractivity contribution in [1.82, 2.24) is 9.80 Å². The van der Waals surface area contributed by atoms with Crippen LogP contribution in [0.5, 0.6) is 5.75 Å². The Hall–Kier alpha value is -1.14. The van der Waals surface area contributed by atoms with Crippen LogP contribution in [-0.2, 0) is 6.54 Å². The third-order valence-electron chi connectivity index (χ3n) is 3.64. The maximum absolute atomic E-state index is 10.1. The van der Waals surface area contributed by atoms with Gasteiger partial charge in [0.15, 0.2) is 0 Å². The van der Waals surface area contributed by atoms with Crippen LogP contribution >= 0.6 is 0 Å². The second kappa shape index (κ2) is 7.59. The fraction of sp³-hybridized carbons (Fsp3) is 0.600. The summed E-state index contributed by atoms with van der Waals surface area (Å²) in [5.74, 6) is 0.769. The van der Waals surface area contributed by atoms with Crippen molar-refractivity contribution in [2.24, 2.45) is 5.73 Å². The number of rotatable bonds is 6. The maximum Gasteiger partial charge on any atom is 0.119 e. The summed E-state index contributed by atoms with van der Waals surface area (Å²) in [5, 5.41) is 10.1. The Labute approximate surface area is 120 Å². The van der Waals surface area contributed by atoms with E-state index < -0.39 is 6.10 Å². The number of hydrogen-bond donors (Lipinski definition) is 2. The lowest BCUT2D eigenvalue weighted by molar-refractivity contribution is 0.0504. The van der Waals surface area contributed by atoms with Gasteiger partial charge in [0.1, 0.15) is 18.5 Å². The van der Waals surface area contributed by atoms with E-state index in [9.17, 15) is 5.11 Å². The van der Waals surface area contributed by atoms with Crippen molar-refractivity contribution in [2.75, 3.05) is 46.4 Å². The Morgan fingerprint density at radius 3 is 2.75 bits per heavy atom. The fourth-order valence-electron chi connectivity index (χ4n) is 2.34. The first-order valence-corrected chi connectivity index (χ1v) is 7.18. The average molecular weight is 279 g/mol. The van der Waals surface area contributed by atoms with Gasteiger partial charge >= 0.3 is 0 Å². The molecule has 1 fully saturated rings. The second-order valence-electron chi connectivity index (χ2n) is 5.42. The van der Waals surface area contributed by atoms with Gasteiger partial charge < -0.3 is 20.5 Å². The van der Waals surface area contributed by atoms with E-state index in [1.807, 2.05) is 24.3 Å². The Morgan fingerprint density at radius 1 is 1.30 bits per heavy atom. The number of β-amino-alcohol motifs (C(OH)–C–C–N with tert-alkyl or cyclic N) is 1. The minimum absolute atomic E-state index is 0.320. The molecule has 1 saturated heterocycles. The minimum atomic E-state index is -0.458. The summed E-state index contributed by atoms with van der Waals surface area (Å²) in [6.07, 6.45) is -0.458. The monoisotopic (exact) mass is 279 g/mol. The van der Waals surface area contributed by atoms with Crippen molar-refractivity contribution in [1.29, 1.82) is 0 Å². The molecule has 1 unspecified atom stereocenters. The molecule has 2 rings (SSSR count). The molecule has 112 valence electrons. The lowest BCUT2D eigenvalue weighted by Crippen LogP contribution is -2.47. The Bertz CT molecular complexity index is 406. The van der Waals surface area contributed by atoms with Crippen LogP contribution < -0.4 is 10.5 Å². The van der Waals surface area contributed by atoms with Crippen LogP contribution in [0.2, 0.25) is 0 Å². The molecule has 5 heteroatoms. The van der Waals surface area contributed by atoms with Gasteiger partial charge in [0.05, 0.1) is 0 Å². The van der Waals surface area contributed by atoms with Gasteiger partial charge in [0.2, 0.25) is 0 Å². The summed E-state index contributed by atoms with van der Waals surface area (Å²) in [6.45, 7) is 5.64. The molecule has 0 aliphatic carbocycles. The van der Waals surface area contributed by atoms with Crippen LogP contribution in [0.25, 0.3) is 0 Å². The van der Waals surface area contributed by atoms with Crippen LogP contribution in [0.3, 0.4) is 0 Å². The topological polar surface area (TPSA) is 62.0 Å². The molecule has 20 heavy (non-hydrogen) atoms. The predicted molar refractivity (Wildman–Crippen MR) is 79.8 cm³/mol. The Morgan fingerprint density at radius 2 is 2.05 bits per heavy atom. The number of likely N-dealkylation sites (N-methyl/N-ethyl adjacent to an activating group) is 1.